The minimum Gasteiger partial charge on any atom is -0.351 e. The molecule has 2 rings (SSSR count). The molecule has 0 saturated heterocycles. The van der Waals surface area contributed by atoms with Gasteiger partial charge in [0.2, 0.25) is 0 Å². The molecular weight excluding hydrogens is 360 g/mol. The second-order valence-electron chi connectivity index (χ2n) is 6.53. The lowest BCUT2D eigenvalue weighted by Gasteiger charge is -2.05. The quantitative estimate of drug-likeness (QED) is 0.348. The number of benzene rings is 1. The maximum absolute atomic E-state index is 11.9. The fourth-order valence-corrected chi connectivity index (χ4v) is 3.59. The minimum absolute atomic E-state index is 0.238. The third-order valence-corrected chi connectivity index (χ3v) is 5.50. The zero-order chi connectivity index (χ0) is 19.6. The fourth-order valence-electron chi connectivity index (χ4n) is 2.63. The highest BCUT2D eigenvalue weighted by Crippen LogP contribution is 2.13. The van der Waals surface area contributed by atoms with E-state index in [9.17, 15) is 8.42 Å². The average Bonchev–Trinajstić information content (AvgIpc) is 3.27. The van der Waals surface area contributed by atoms with Crippen molar-refractivity contribution in [2.75, 3.05) is 6.61 Å². The van der Waals surface area contributed by atoms with Gasteiger partial charge in [0.25, 0.3) is 10.1 Å². The van der Waals surface area contributed by atoms with E-state index in [0.717, 1.165) is 12.8 Å². The Kier molecular flexibility index (Phi) is 13.3. The molecule has 0 amide bonds. The Morgan fingerprint density at radius 3 is 1.96 bits per heavy atom. The molecule has 5 nitrogen and oxygen atoms in total. The summed E-state index contributed by atoms with van der Waals surface area (Å²) < 4.78 is 28.8. The van der Waals surface area contributed by atoms with Crippen molar-refractivity contribution in [2.45, 2.75) is 76.0 Å². The number of aromatic amines is 1. The number of nitrogens with one attached hydrogen (secondary N) is 1. The van der Waals surface area contributed by atoms with E-state index in [1.54, 1.807) is 49.1 Å². The molecule has 27 heavy (non-hydrogen) atoms. The highest BCUT2D eigenvalue weighted by molar-refractivity contribution is 7.86. The molecule has 0 bridgehead atoms. The summed E-state index contributed by atoms with van der Waals surface area (Å²) in [7, 11) is -3.57. The molecule has 0 fully saturated rings. The Bertz CT molecular complexity index is 626. The highest BCUT2D eigenvalue weighted by Gasteiger charge is 2.13. The van der Waals surface area contributed by atoms with Gasteiger partial charge in [-0.3, -0.25) is 4.18 Å². The predicted molar refractivity (Wildman–Crippen MR) is 110 cm³/mol. The highest BCUT2D eigenvalue weighted by atomic mass is 32.2. The number of hydrogen-bond donors (Lipinski definition) is 1. The minimum atomic E-state index is -3.57. The zero-order valence-electron chi connectivity index (χ0n) is 16.5. The van der Waals surface area contributed by atoms with E-state index in [1.807, 2.05) is 0 Å². The van der Waals surface area contributed by atoms with E-state index < -0.39 is 10.1 Å². The van der Waals surface area contributed by atoms with Crippen molar-refractivity contribution < 1.29 is 12.6 Å². The molecule has 1 N–H and O–H groups in total. The van der Waals surface area contributed by atoms with Crippen LogP contribution in [-0.2, 0) is 14.3 Å². The molecule has 1 heterocycles. The molecule has 2 aromatic rings. The molecule has 0 unspecified atom stereocenters. The molecule has 152 valence electrons. The molecule has 0 atom stereocenters. The summed E-state index contributed by atoms with van der Waals surface area (Å²) in [6, 6.07) is 8.33. The Morgan fingerprint density at radius 2 is 1.48 bits per heavy atom. The Balaban J connectivity index is 0.000000625. The summed E-state index contributed by atoms with van der Waals surface area (Å²) in [5.41, 5.74) is 0. The van der Waals surface area contributed by atoms with Crippen LogP contribution in [0.4, 0.5) is 0 Å². The SMILES string of the molecule is CCCCCCCCCCCCOS(=O)(=O)c1ccccc1.c1c[nH]cn1. The van der Waals surface area contributed by atoms with Crippen LogP contribution in [-0.4, -0.2) is 25.0 Å². The second-order valence-corrected chi connectivity index (χ2v) is 8.15. The first-order chi connectivity index (χ1) is 13.2. The maximum Gasteiger partial charge on any atom is 0.296 e. The zero-order valence-corrected chi connectivity index (χ0v) is 17.3. The van der Waals surface area contributed by atoms with Gasteiger partial charge in [-0.05, 0) is 18.6 Å². The van der Waals surface area contributed by atoms with Gasteiger partial charge in [0.05, 0.1) is 17.8 Å². The lowest BCUT2D eigenvalue weighted by Crippen LogP contribution is -2.07. The van der Waals surface area contributed by atoms with Gasteiger partial charge >= 0.3 is 0 Å². The third kappa shape index (κ3) is 12.4. The van der Waals surface area contributed by atoms with E-state index in [0.29, 0.717) is 0 Å². The predicted octanol–water partition coefficient (Wildman–Crippen LogP) is 5.72. The molecule has 0 saturated carbocycles. The van der Waals surface area contributed by atoms with E-state index in [-0.39, 0.29) is 11.5 Å². The molecule has 6 heteroatoms. The number of aromatic nitrogens is 2. The van der Waals surface area contributed by atoms with Crippen LogP contribution in [0.15, 0.2) is 53.9 Å². The van der Waals surface area contributed by atoms with E-state index >= 15 is 0 Å². The third-order valence-electron chi connectivity index (χ3n) is 4.17. The van der Waals surface area contributed by atoms with Crippen LogP contribution >= 0.6 is 0 Å². The van der Waals surface area contributed by atoms with Crippen LogP contribution in [0.25, 0.3) is 0 Å². The van der Waals surface area contributed by atoms with Crippen molar-refractivity contribution in [3.05, 3.63) is 49.1 Å². The molecule has 1 aromatic heterocycles. The number of imidazole rings is 1. The summed E-state index contributed by atoms with van der Waals surface area (Å²) in [6.07, 6.45) is 17.3. The average molecular weight is 395 g/mol. The molecule has 0 aliphatic carbocycles. The van der Waals surface area contributed by atoms with E-state index in [2.05, 4.69) is 16.9 Å². The van der Waals surface area contributed by atoms with Gasteiger partial charge in [0.15, 0.2) is 0 Å². The van der Waals surface area contributed by atoms with Crippen LogP contribution in [0.2, 0.25) is 0 Å². The normalized spacial score (nSPS) is 11.0. The first-order valence-electron chi connectivity index (χ1n) is 10.0. The van der Waals surface area contributed by atoms with Crippen molar-refractivity contribution in [1.82, 2.24) is 9.97 Å². The molecular formula is C21H34N2O3S. The van der Waals surface area contributed by atoms with Gasteiger partial charge in [-0.2, -0.15) is 8.42 Å². The lowest BCUT2D eigenvalue weighted by atomic mass is 10.1. The topological polar surface area (TPSA) is 72.1 Å². The van der Waals surface area contributed by atoms with Gasteiger partial charge in [0.1, 0.15) is 0 Å². The number of rotatable bonds is 13. The van der Waals surface area contributed by atoms with Crippen molar-refractivity contribution in [3.8, 4) is 0 Å². The van der Waals surface area contributed by atoms with Crippen molar-refractivity contribution >= 4 is 10.1 Å². The van der Waals surface area contributed by atoms with Crippen LogP contribution in [0, 0.1) is 0 Å². The number of hydrogen-bond acceptors (Lipinski definition) is 4. The van der Waals surface area contributed by atoms with Crippen molar-refractivity contribution in [3.63, 3.8) is 0 Å². The van der Waals surface area contributed by atoms with Crippen molar-refractivity contribution in [2.24, 2.45) is 0 Å². The van der Waals surface area contributed by atoms with Crippen LogP contribution < -0.4 is 0 Å². The standard InChI is InChI=1S/C18H30O3S.C3H4N2/c1-2-3-4-5-6-7-8-9-10-14-17-21-22(19,20)18-15-12-11-13-16-18;1-2-5-3-4-1/h11-13,15-16H,2-10,14,17H2,1H3;1-3H,(H,4,5). The van der Waals surface area contributed by atoms with Crippen LogP contribution in [0.1, 0.15) is 71.1 Å². The summed E-state index contributed by atoms with van der Waals surface area (Å²) in [6.45, 7) is 2.52. The fraction of sp³-hybridized carbons (Fsp3) is 0.571. The van der Waals surface area contributed by atoms with Gasteiger partial charge in [-0.1, -0.05) is 82.9 Å². The molecule has 0 radical (unpaired) electrons. The first-order valence-corrected chi connectivity index (χ1v) is 11.4. The van der Waals surface area contributed by atoms with Gasteiger partial charge in [-0.25, -0.2) is 4.98 Å². The summed E-state index contributed by atoms with van der Waals surface area (Å²) in [5, 5.41) is 0. The molecule has 1 aromatic carbocycles. The smallest absolute Gasteiger partial charge is 0.296 e. The second kappa shape index (κ2) is 15.4. The van der Waals surface area contributed by atoms with Crippen LogP contribution in [0.3, 0.4) is 0 Å². The van der Waals surface area contributed by atoms with Gasteiger partial charge in [-0.15, -0.1) is 0 Å². The number of unbranched alkanes of at least 4 members (excludes halogenated alkanes) is 9. The Hall–Kier alpha value is -1.66. The lowest BCUT2D eigenvalue weighted by molar-refractivity contribution is 0.306. The maximum atomic E-state index is 11.9. The Labute approximate surface area is 164 Å². The largest absolute Gasteiger partial charge is 0.351 e. The summed E-state index contributed by atoms with van der Waals surface area (Å²) >= 11 is 0. The monoisotopic (exact) mass is 394 g/mol. The molecule has 0 aliphatic heterocycles. The summed E-state index contributed by atoms with van der Waals surface area (Å²) in [5.74, 6) is 0. The number of H-pyrrole nitrogens is 1. The number of nitrogens with zero attached hydrogens (tertiary/aromatic N) is 1. The van der Waals surface area contributed by atoms with Gasteiger partial charge < -0.3 is 4.98 Å². The molecule has 0 spiro atoms. The van der Waals surface area contributed by atoms with Gasteiger partial charge in [0, 0.05) is 12.4 Å². The summed E-state index contributed by atoms with van der Waals surface area (Å²) in [4.78, 5) is 6.65. The van der Waals surface area contributed by atoms with Crippen LogP contribution in [0.5, 0.6) is 0 Å². The molecule has 0 aliphatic rings. The van der Waals surface area contributed by atoms with E-state index in [1.165, 1.54) is 51.4 Å². The first kappa shape index (κ1) is 23.4. The van der Waals surface area contributed by atoms with E-state index in [4.69, 9.17) is 4.18 Å². The van der Waals surface area contributed by atoms with Crippen molar-refractivity contribution in [1.29, 1.82) is 0 Å². The Morgan fingerprint density at radius 1 is 0.889 bits per heavy atom.